The molecule has 2 N–H and O–H groups in total. The summed E-state index contributed by atoms with van der Waals surface area (Å²) in [4.78, 5) is 20.7. The normalized spacial score (nSPS) is 9.83. The van der Waals surface area contributed by atoms with Gasteiger partial charge < -0.3 is 10.6 Å². The predicted molar refractivity (Wildman–Crippen MR) is 42.0 cm³/mol. The van der Waals surface area contributed by atoms with Gasteiger partial charge in [0.05, 0.1) is 0 Å². The molecule has 12 heavy (non-hydrogen) atoms. The summed E-state index contributed by atoms with van der Waals surface area (Å²) in [5.74, 6) is 0. The van der Waals surface area contributed by atoms with E-state index in [4.69, 9.17) is 5.26 Å². The van der Waals surface area contributed by atoms with Crippen LogP contribution in [0.15, 0.2) is 11.8 Å². The van der Waals surface area contributed by atoms with Crippen LogP contribution in [0.25, 0.3) is 0 Å². The topological polar surface area (TPSA) is 82.0 Å². The minimum absolute atomic E-state index is 0.124. The molecule has 5 heteroatoms. The van der Waals surface area contributed by atoms with Crippen molar-refractivity contribution >= 4 is 12.3 Å². The number of nitrogens with one attached hydrogen (secondary N) is 2. The average Bonchev–Trinajstić information content (AvgIpc) is 2.07. The predicted octanol–water partition coefficient (Wildman–Crippen LogP) is -0.0881. The Morgan fingerprint density at radius 3 is 2.75 bits per heavy atom. The van der Waals surface area contributed by atoms with Gasteiger partial charge in [-0.25, -0.2) is 4.79 Å². The number of aldehydes is 1. The summed E-state index contributed by atoms with van der Waals surface area (Å²) >= 11 is 0. The van der Waals surface area contributed by atoms with E-state index in [2.05, 4.69) is 10.6 Å². The highest BCUT2D eigenvalue weighted by molar-refractivity contribution is 5.81. The molecule has 0 bridgehead atoms. The van der Waals surface area contributed by atoms with E-state index in [0.717, 1.165) is 6.20 Å². The quantitative estimate of drug-likeness (QED) is 0.350. The fourth-order valence-electron chi connectivity index (χ4n) is 0.448. The maximum Gasteiger partial charge on any atom is 0.318 e. The number of hydrogen-bond donors (Lipinski definition) is 2. The Morgan fingerprint density at radius 1 is 1.67 bits per heavy atom. The largest absolute Gasteiger partial charge is 0.338 e. The van der Waals surface area contributed by atoms with Gasteiger partial charge in [0.25, 0.3) is 0 Å². The third-order valence-corrected chi connectivity index (χ3v) is 0.952. The third kappa shape index (κ3) is 4.06. The van der Waals surface area contributed by atoms with Gasteiger partial charge in [-0.1, -0.05) is 0 Å². The maximum atomic E-state index is 10.7. The molecule has 64 valence electrons. The molecule has 0 aromatic heterocycles. The molecule has 0 saturated carbocycles. The standard InChI is InChI=1S/C7H9N3O2/c1-2-9-7(12)10-4-6(3-8)5-11/h4-5H,2H2,1H3,(H2,9,10,12). The van der Waals surface area contributed by atoms with Crippen LogP contribution >= 0.6 is 0 Å². The van der Waals surface area contributed by atoms with Crippen LogP contribution in [-0.2, 0) is 4.79 Å². The minimum Gasteiger partial charge on any atom is -0.338 e. The second-order valence-corrected chi connectivity index (χ2v) is 1.83. The first-order valence-electron chi connectivity index (χ1n) is 3.34. The van der Waals surface area contributed by atoms with Crippen molar-refractivity contribution in [2.24, 2.45) is 0 Å². The first-order chi connectivity index (χ1) is 5.74. The molecule has 0 fully saturated rings. The maximum absolute atomic E-state index is 10.7. The van der Waals surface area contributed by atoms with Crippen LogP contribution in [0.1, 0.15) is 6.92 Å². The summed E-state index contributed by atoms with van der Waals surface area (Å²) in [6.45, 7) is 2.25. The van der Waals surface area contributed by atoms with E-state index in [9.17, 15) is 9.59 Å². The van der Waals surface area contributed by atoms with Gasteiger partial charge in [-0.05, 0) is 6.92 Å². The number of rotatable bonds is 3. The number of allylic oxidation sites excluding steroid dienone is 1. The van der Waals surface area contributed by atoms with Crippen molar-refractivity contribution in [3.05, 3.63) is 11.8 Å². The zero-order chi connectivity index (χ0) is 9.40. The summed E-state index contributed by atoms with van der Waals surface area (Å²) in [6.07, 6.45) is 1.42. The van der Waals surface area contributed by atoms with Crippen molar-refractivity contribution in [3.8, 4) is 6.07 Å². The lowest BCUT2D eigenvalue weighted by Gasteiger charge is -1.98. The van der Waals surface area contributed by atoms with Gasteiger partial charge in [0.15, 0.2) is 6.29 Å². The van der Waals surface area contributed by atoms with E-state index in [-0.39, 0.29) is 5.57 Å². The Labute approximate surface area is 70.1 Å². The zero-order valence-electron chi connectivity index (χ0n) is 6.63. The van der Waals surface area contributed by atoms with Crippen molar-refractivity contribution in [1.82, 2.24) is 10.6 Å². The molecule has 0 aromatic rings. The Balaban J connectivity index is 3.95. The number of amides is 2. The molecule has 0 radical (unpaired) electrons. The van der Waals surface area contributed by atoms with Gasteiger partial charge in [0.1, 0.15) is 11.6 Å². The van der Waals surface area contributed by atoms with Crippen molar-refractivity contribution in [1.29, 1.82) is 5.26 Å². The van der Waals surface area contributed by atoms with E-state index >= 15 is 0 Å². The lowest BCUT2D eigenvalue weighted by molar-refractivity contribution is -0.104. The minimum atomic E-state index is -0.438. The molecule has 0 heterocycles. The average molecular weight is 167 g/mol. The summed E-state index contributed by atoms with van der Waals surface area (Å²) in [5, 5.41) is 12.9. The number of carbonyl (C=O) groups excluding carboxylic acids is 2. The van der Waals surface area contributed by atoms with Crippen LogP contribution in [0.2, 0.25) is 0 Å². The van der Waals surface area contributed by atoms with Gasteiger partial charge in [-0.3, -0.25) is 4.79 Å². The van der Waals surface area contributed by atoms with E-state index in [1.807, 2.05) is 0 Å². The van der Waals surface area contributed by atoms with Crippen LogP contribution in [0.5, 0.6) is 0 Å². The van der Waals surface area contributed by atoms with Crippen molar-refractivity contribution in [3.63, 3.8) is 0 Å². The molecular formula is C7H9N3O2. The van der Waals surface area contributed by atoms with E-state index in [1.165, 1.54) is 0 Å². The SMILES string of the molecule is CCNC(=O)NC=C(C#N)C=O. The van der Waals surface area contributed by atoms with Crippen LogP contribution in [-0.4, -0.2) is 18.9 Å². The molecule has 0 atom stereocenters. The molecule has 5 nitrogen and oxygen atoms in total. The Bertz CT molecular complexity index is 240. The third-order valence-electron chi connectivity index (χ3n) is 0.952. The highest BCUT2D eigenvalue weighted by Gasteiger charge is 1.95. The first-order valence-corrected chi connectivity index (χ1v) is 3.34. The molecule has 0 aliphatic rings. The molecular weight excluding hydrogens is 158 g/mol. The number of urea groups is 1. The molecule has 0 unspecified atom stereocenters. The number of carbonyl (C=O) groups is 2. The lowest BCUT2D eigenvalue weighted by Crippen LogP contribution is -2.32. The fourth-order valence-corrected chi connectivity index (χ4v) is 0.448. The molecule has 0 aliphatic carbocycles. The summed E-state index contributed by atoms with van der Waals surface area (Å²) in [5.41, 5.74) is -0.124. The Hall–Kier alpha value is -1.83. The van der Waals surface area contributed by atoms with Crippen LogP contribution in [0, 0.1) is 11.3 Å². The number of nitriles is 1. The monoisotopic (exact) mass is 167 g/mol. The molecule has 0 aromatic carbocycles. The molecule has 0 aliphatic heterocycles. The van der Waals surface area contributed by atoms with Crippen molar-refractivity contribution < 1.29 is 9.59 Å². The number of hydrogen-bond acceptors (Lipinski definition) is 3. The highest BCUT2D eigenvalue weighted by atomic mass is 16.2. The Morgan fingerprint density at radius 2 is 2.33 bits per heavy atom. The molecule has 0 rings (SSSR count). The van der Waals surface area contributed by atoms with E-state index in [0.29, 0.717) is 12.8 Å². The lowest BCUT2D eigenvalue weighted by atomic mass is 10.4. The zero-order valence-corrected chi connectivity index (χ0v) is 6.63. The second-order valence-electron chi connectivity index (χ2n) is 1.83. The number of nitrogens with zero attached hydrogens (tertiary/aromatic N) is 1. The van der Waals surface area contributed by atoms with Crippen LogP contribution in [0.4, 0.5) is 4.79 Å². The second kappa shape index (κ2) is 5.92. The summed E-state index contributed by atoms with van der Waals surface area (Å²) in [6, 6.07) is 1.16. The van der Waals surface area contributed by atoms with Gasteiger partial charge in [0, 0.05) is 12.7 Å². The molecule has 0 spiro atoms. The van der Waals surface area contributed by atoms with Crippen molar-refractivity contribution in [2.75, 3.05) is 6.54 Å². The fraction of sp³-hybridized carbons (Fsp3) is 0.286. The van der Waals surface area contributed by atoms with Crippen LogP contribution in [0.3, 0.4) is 0 Å². The first kappa shape index (κ1) is 10.2. The summed E-state index contributed by atoms with van der Waals surface area (Å²) < 4.78 is 0. The van der Waals surface area contributed by atoms with Gasteiger partial charge in [-0.2, -0.15) is 5.26 Å². The van der Waals surface area contributed by atoms with Gasteiger partial charge in [-0.15, -0.1) is 0 Å². The Kier molecular flexibility index (Phi) is 5.02. The highest BCUT2D eigenvalue weighted by Crippen LogP contribution is 1.81. The molecule has 2 amide bonds. The van der Waals surface area contributed by atoms with E-state index in [1.54, 1.807) is 13.0 Å². The van der Waals surface area contributed by atoms with Crippen molar-refractivity contribution in [2.45, 2.75) is 6.92 Å². The summed E-state index contributed by atoms with van der Waals surface area (Å²) in [7, 11) is 0. The van der Waals surface area contributed by atoms with Crippen LogP contribution < -0.4 is 10.6 Å². The van der Waals surface area contributed by atoms with E-state index < -0.39 is 6.03 Å². The molecule has 0 saturated heterocycles. The smallest absolute Gasteiger partial charge is 0.318 e. The van der Waals surface area contributed by atoms with Gasteiger partial charge in [0.2, 0.25) is 0 Å². The van der Waals surface area contributed by atoms with Gasteiger partial charge >= 0.3 is 6.03 Å².